The van der Waals surface area contributed by atoms with Crippen molar-refractivity contribution in [3.8, 4) is 5.75 Å². The van der Waals surface area contributed by atoms with Crippen molar-refractivity contribution in [2.45, 2.75) is 9.79 Å². The fraction of sp³-hybridized carbons (Fsp3) is 0.0714. The van der Waals surface area contributed by atoms with E-state index in [0.717, 1.165) is 0 Å². The van der Waals surface area contributed by atoms with Gasteiger partial charge in [0.05, 0.1) is 28.5 Å². The first-order chi connectivity index (χ1) is 9.54. The third-order valence-corrected chi connectivity index (χ3v) is 4.14. The lowest BCUT2D eigenvalue weighted by molar-refractivity contribution is 0.0597. The van der Waals surface area contributed by atoms with Gasteiger partial charge in [-0.2, -0.15) is 0 Å². The average molecular weight is 291 g/mol. The minimum Gasteiger partial charge on any atom is -0.507 e. The highest BCUT2D eigenvalue weighted by Gasteiger charge is 2.18. The molecule has 0 bridgehead atoms. The molecule has 0 saturated heterocycles. The van der Waals surface area contributed by atoms with Gasteiger partial charge in [0.2, 0.25) is 0 Å². The van der Waals surface area contributed by atoms with Crippen LogP contribution >= 0.6 is 0 Å². The van der Waals surface area contributed by atoms with Crippen molar-refractivity contribution in [2.75, 3.05) is 12.8 Å². The van der Waals surface area contributed by atoms with Gasteiger partial charge in [0.25, 0.3) is 0 Å². The van der Waals surface area contributed by atoms with Gasteiger partial charge in [-0.1, -0.05) is 18.2 Å². The second kappa shape index (κ2) is 5.75. The molecule has 2 aromatic rings. The lowest BCUT2D eigenvalue weighted by Gasteiger charge is -2.09. The van der Waals surface area contributed by atoms with E-state index < -0.39 is 16.8 Å². The van der Waals surface area contributed by atoms with Gasteiger partial charge < -0.3 is 15.6 Å². The molecule has 0 saturated carbocycles. The first-order valence-electron chi connectivity index (χ1n) is 5.72. The topological polar surface area (TPSA) is 89.6 Å². The highest BCUT2D eigenvalue weighted by atomic mass is 32.2. The van der Waals surface area contributed by atoms with Crippen LogP contribution in [0.3, 0.4) is 0 Å². The number of anilines is 1. The second-order valence-corrected chi connectivity index (χ2v) is 5.43. The largest absolute Gasteiger partial charge is 0.507 e. The summed E-state index contributed by atoms with van der Waals surface area (Å²) in [6, 6.07) is 11.2. The summed E-state index contributed by atoms with van der Waals surface area (Å²) in [4.78, 5) is 12.3. The Kier molecular flexibility index (Phi) is 4.05. The summed E-state index contributed by atoms with van der Waals surface area (Å²) in [6.45, 7) is 0. The molecule has 0 heterocycles. The number of benzene rings is 2. The second-order valence-electron chi connectivity index (χ2n) is 3.98. The van der Waals surface area contributed by atoms with Crippen molar-refractivity contribution in [1.29, 1.82) is 0 Å². The lowest BCUT2D eigenvalue weighted by atomic mass is 10.2. The number of phenolic OH excluding ortho intramolecular Hbond substituents is 1. The Hall–Kier alpha value is -2.34. The Bertz CT molecular complexity index is 670. The monoisotopic (exact) mass is 291 g/mol. The van der Waals surface area contributed by atoms with Crippen LogP contribution in [0, 0.1) is 0 Å². The lowest BCUT2D eigenvalue weighted by Crippen LogP contribution is -2.06. The van der Waals surface area contributed by atoms with Gasteiger partial charge in [0, 0.05) is 11.0 Å². The highest BCUT2D eigenvalue weighted by Crippen LogP contribution is 2.29. The molecule has 6 heteroatoms. The van der Waals surface area contributed by atoms with Crippen LogP contribution in [0.5, 0.6) is 5.75 Å². The van der Waals surface area contributed by atoms with Crippen LogP contribution in [-0.4, -0.2) is 22.4 Å². The first kappa shape index (κ1) is 14.1. The predicted molar refractivity (Wildman–Crippen MR) is 75.0 cm³/mol. The smallest absolute Gasteiger partial charge is 0.341 e. The molecule has 0 amide bonds. The summed E-state index contributed by atoms with van der Waals surface area (Å²) in [5.74, 6) is -1.02. The molecule has 1 atom stereocenters. The number of ether oxygens (including phenoxy) is 1. The Morgan fingerprint density at radius 2 is 1.90 bits per heavy atom. The van der Waals surface area contributed by atoms with E-state index in [0.29, 0.717) is 4.90 Å². The van der Waals surface area contributed by atoms with E-state index in [1.807, 2.05) is 0 Å². The zero-order chi connectivity index (χ0) is 14.7. The quantitative estimate of drug-likeness (QED) is 0.666. The SMILES string of the molecule is COC(=O)c1cc(S(=O)c2ccccc2)c(N)cc1O. The van der Waals surface area contributed by atoms with Crippen molar-refractivity contribution >= 4 is 22.5 Å². The van der Waals surface area contributed by atoms with E-state index in [1.165, 1.54) is 19.2 Å². The minimum atomic E-state index is -1.54. The van der Waals surface area contributed by atoms with Crippen LogP contribution < -0.4 is 5.73 Å². The Morgan fingerprint density at radius 3 is 2.50 bits per heavy atom. The highest BCUT2D eigenvalue weighted by molar-refractivity contribution is 7.85. The molecule has 0 aliphatic heterocycles. The third kappa shape index (κ3) is 2.65. The van der Waals surface area contributed by atoms with Crippen molar-refractivity contribution < 1.29 is 18.8 Å². The molecule has 20 heavy (non-hydrogen) atoms. The molecule has 0 spiro atoms. The zero-order valence-electron chi connectivity index (χ0n) is 10.7. The first-order valence-corrected chi connectivity index (χ1v) is 6.87. The zero-order valence-corrected chi connectivity index (χ0v) is 11.5. The number of carbonyl (C=O) groups excluding carboxylic acids is 1. The summed E-state index contributed by atoms with van der Waals surface area (Å²) in [6.07, 6.45) is 0. The van der Waals surface area contributed by atoms with E-state index in [1.54, 1.807) is 30.3 Å². The molecule has 0 aliphatic carbocycles. The van der Waals surface area contributed by atoms with E-state index in [2.05, 4.69) is 4.74 Å². The molecule has 1 unspecified atom stereocenters. The number of nitrogen functional groups attached to an aromatic ring is 1. The van der Waals surface area contributed by atoms with Crippen LogP contribution in [0.25, 0.3) is 0 Å². The minimum absolute atomic E-state index is 0.0685. The van der Waals surface area contributed by atoms with Gasteiger partial charge in [-0.05, 0) is 18.2 Å². The Morgan fingerprint density at radius 1 is 1.25 bits per heavy atom. The number of aromatic hydroxyl groups is 1. The van der Waals surface area contributed by atoms with Crippen molar-refractivity contribution in [2.24, 2.45) is 0 Å². The van der Waals surface area contributed by atoms with E-state index in [9.17, 15) is 14.1 Å². The molecular formula is C14H13NO4S. The number of hydrogen-bond acceptors (Lipinski definition) is 5. The van der Waals surface area contributed by atoms with Gasteiger partial charge >= 0.3 is 5.97 Å². The average Bonchev–Trinajstić information content (AvgIpc) is 2.47. The van der Waals surface area contributed by atoms with Gasteiger partial charge in [-0.25, -0.2) is 9.00 Å². The van der Waals surface area contributed by atoms with E-state index in [4.69, 9.17) is 5.73 Å². The van der Waals surface area contributed by atoms with Crippen LogP contribution in [-0.2, 0) is 15.5 Å². The summed E-state index contributed by atoms with van der Waals surface area (Å²) in [5.41, 5.74) is 5.85. The summed E-state index contributed by atoms with van der Waals surface area (Å²) in [5, 5.41) is 9.69. The van der Waals surface area contributed by atoms with Gasteiger partial charge in [-0.3, -0.25) is 0 Å². The fourth-order valence-corrected chi connectivity index (χ4v) is 2.85. The normalized spacial score (nSPS) is 11.8. The molecule has 104 valence electrons. The maximum absolute atomic E-state index is 12.4. The molecule has 3 N–H and O–H groups in total. The number of hydrogen-bond donors (Lipinski definition) is 2. The van der Waals surface area contributed by atoms with Gasteiger partial charge in [0.15, 0.2) is 0 Å². The van der Waals surface area contributed by atoms with Crippen molar-refractivity contribution in [1.82, 2.24) is 0 Å². The van der Waals surface area contributed by atoms with Crippen molar-refractivity contribution in [3.05, 3.63) is 48.0 Å². The maximum atomic E-state index is 12.4. The van der Waals surface area contributed by atoms with E-state index >= 15 is 0 Å². The number of rotatable bonds is 3. The standard InChI is InChI=1S/C14H13NO4S/c1-19-14(17)10-7-13(11(15)8-12(10)16)20(18)9-5-3-2-4-6-9/h2-8,16H,15H2,1H3. The van der Waals surface area contributed by atoms with Gasteiger partial charge in [-0.15, -0.1) is 0 Å². The number of esters is 1. The molecule has 2 rings (SSSR count). The fourth-order valence-electron chi connectivity index (χ4n) is 1.69. The molecular weight excluding hydrogens is 278 g/mol. The Balaban J connectivity index is 2.52. The summed E-state index contributed by atoms with van der Waals surface area (Å²) >= 11 is 0. The maximum Gasteiger partial charge on any atom is 0.341 e. The molecule has 2 aromatic carbocycles. The molecule has 5 nitrogen and oxygen atoms in total. The molecule has 0 aromatic heterocycles. The van der Waals surface area contributed by atoms with Crippen LogP contribution in [0.1, 0.15) is 10.4 Å². The van der Waals surface area contributed by atoms with Crippen LogP contribution in [0.15, 0.2) is 52.3 Å². The number of methoxy groups -OCH3 is 1. The molecule has 0 fully saturated rings. The Labute approximate surface area is 118 Å². The van der Waals surface area contributed by atoms with Gasteiger partial charge in [0.1, 0.15) is 11.3 Å². The molecule has 0 radical (unpaired) electrons. The van der Waals surface area contributed by atoms with Crippen LogP contribution in [0.4, 0.5) is 5.69 Å². The summed E-state index contributed by atoms with van der Waals surface area (Å²) in [7, 11) is -0.339. The number of nitrogens with two attached hydrogens (primary N) is 1. The predicted octanol–water partition coefficient (Wildman–Crippen LogP) is 1.93. The number of carbonyl (C=O) groups is 1. The van der Waals surface area contributed by atoms with E-state index in [-0.39, 0.29) is 21.9 Å². The molecule has 0 aliphatic rings. The number of phenols is 1. The summed E-state index contributed by atoms with van der Waals surface area (Å²) < 4.78 is 17.0. The van der Waals surface area contributed by atoms with Crippen LogP contribution in [0.2, 0.25) is 0 Å². The third-order valence-electron chi connectivity index (χ3n) is 2.69. The van der Waals surface area contributed by atoms with Crippen molar-refractivity contribution in [3.63, 3.8) is 0 Å².